The molecule has 0 radical (unpaired) electrons. The van der Waals surface area contributed by atoms with Gasteiger partial charge in [0.05, 0.1) is 20.4 Å². The molecule has 1 amide bonds. The number of nitrogens with zero attached hydrogens (tertiary/aromatic N) is 2. The maximum Gasteiger partial charge on any atom is 0.226 e. The molecule has 22 heavy (non-hydrogen) atoms. The summed E-state index contributed by atoms with van der Waals surface area (Å²) in [6.45, 7) is 4.43. The third-order valence-electron chi connectivity index (χ3n) is 3.33. The van der Waals surface area contributed by atoms with Gasteiger partial charge in [-0.05, 0) is 31.0 Å². The van der Waals surface area contributed by atoms with E-state index < -0.39 is 0 Å². The molecule has 0 saturated heterocycles. The summed E-state index contributed by atoms with van der Waals surface area (Å²) >= 11 is 0. The van der Waals surface area contributed by atoms with Gasteiger partial charge < -0.3 is 14.8 Å². The Morgan fingerprint density at radius 2 is 1.91 bits per heavy atom. The quantitative estimate of drug-likeness (QED) is 0.890. The van der Waals surface area contributed by atoms with E-state index in [2.05, 4.69) is 10.4 Å². The van der Waals surface area contributed by atoms with Crippen molar-refractivity contribution in [2.24, 2.45) is 0 Å². The molecule has 1 N–H and O–H groups in total. The lowest BCUT2D eigenvalue weighted by Gasteiger charge is -2.13. The second-order valence-corrected chi connectivity index (χ2v) is 5.10. The fraction of sp³-hybridized carbons (Fsp3) is 0.375. The highest BCUT2D eigenvalue weighted by Crippen LogP contribution is 2.32. The van der Waals surface area contributed by atoms with Crippen molar-refractivity contribution in [2.45, 2.75) is 26.8 Å². The van der Waals surface area contributed by atoms with Gasteiger partial charge in [0, 0.05) is 30.9 Å². The minimum absolute atomic E-state index is 0.0662. The molecule has 0 aliphatic carbocycles. The van der Waals surface area contributed by atoms with Gasteiger partial charge in [-0.3, -0.25) is 9.48 Å². The second kappa shape index (κ2) is 6.98. The molecule has 2 rings (SSSR count). The maximum absolute atomic E-state index is 12.1. The number of rotatable bonds is 6. The summed E-state index contributed by atoms with van der Waals surface area (Å²) in [7, 11) is 3.15. The molecule has 2 aromatic rings. The molecule has 0 unspecified atom stereocenters. The van der Waals surface area contributed by atoms with E-state index in [0.29, 0.717) is 24.5 Å². The number of methoxy groups -OCH3 is 2. The first-order chi connectivity index (χ1) is 10.5. The third-order valence-corrected chi connectivity index (χ3v) is 3.33. The minimum atomic E-state index is -0.0662. The Kier molecular flexibility index (Phi) is 5.04. The lowest BCUT2D eigenvalue weighted by molar-refractivity contribution is -0.116. The molecule has 118 valence electrons. The summed E-state index contributed by atoms with van der Waals surface area (Å²) < 4.78 is 12.3. The molecule has 1 aromatic carbocycles. The van der Waals surface area contributed by atoms with Crippen molar-refractivity contribution in [3.05, 3.63) is 35.7 Å². The first kappa shape index (κ1) is 15.9. The summed E-state index contributed by atoms with van der Waals surface area (Å²) in [5, 5.41) is 7.06. The van der Waals surface area contributed by atoms with Crippen LogP contribution in [-0.2, 0) is 11.3 Å². The SMILES string of the molecule is COc1cc(C)c(NC(=O)CCn2cc(C)cn2)cc1OC. The molecule has 1 aromatic heterocycles. The minimum Gasteiger partial charge on any atom is -0.493 e. The summed E-state index contributed by atoms with van der Waals surface area (Å²) in [6, 6.07) is 3.61. The number of carbonyl (C=O) groups is 1. The number of benzene rings is 1. The molecular formula is C16H21N3O3. The van der Waals surface area contributed by atoms with Crippen LogP contribution in [0.3, 0.4) is 0 Å². The van der Waals surface area contributed by atoms with Crippen LogP contribution >= 0.6 is 0 Å². The summed E-state index contributed by atoms with van der Waals surface area (Å²) in [4.78, 5) is 12.1. The van der Waals surface area contributed by atoms with Crippen molar-refractivity contribution in [3.63, 3.8) is 0 Å². The number of hydrogen-bond donors (Lipinski definition) is 1. The fourth-order valence-corrected chi connectivity index (χ4v) is 2.13. The van der Waals surface area contributed by atoms with Crippen molar-refractivity contribution in [1.82, 2.24) is 9.78 Å². The van der Waals surface area contributed by atoms with Gasteiger partial charge in [-0.15, -0.1) is 0 Å². The van der Waals surface area contributed by atoms with E-state index in [9.17, 15) is 4.79 Å². The van der Waals surface area contributed by atoms with Crippen LogP contribution in [0.4, 0.5) is 5.69 Å². The zero-order valence-electron chi connectivity index (χ0n) is 13.3. The van der Waals surface area contributed by atoms with Crippen LogP contribution < -0.4 is 14.8 Å². The van der Waals surface area contributed by atoms with E-state index in [4.69, 9.17) is 9.47 Å². The van der Waals surface area contributed by atoms with E-state index >= 15 is 0 Å². The summed E-state index contributed by atoms with van der Waals surface area (Å²) in [5.74, 6) is 1.17. The zero-order valence-corrected chi connectivity index (χ0v) is 13.3. The smallest absolute Gasteiger partial charge is 0.226 e. The summed E-state index contributed by atoms with van der Waals surface area (Å²) in [6.07, 6.45) is 4.04. The summed E-state index contributed by atoms with van der Waals surface area (Å²) in [5.41, 5.74) is 2.72. The molecule has 0 bridgehead atoms. The van der Waals surface area contributed by atoms with Crippen molar-refractivity contribution in [2.75, 3.05) is 19.5 Å². The Morgan fingerprint density at radius 1 is 1.23 bits per heavy atom. The van der Waals surface area contributed by atoms with Crippen LogP contribution in [0.1, 0.15) is 17.5 Å². The van der Waals surface area contributed by atoms with Gasteiger partial charge >= 0.3 is 0 Å². The first-order valence-corrected chi connectivity index (χ1v) is 7.05. The maximum atomic E-state index is 12.1. The van der Waals surface area contributed by atoms with Gasteiger partial charge in [0.15, 0.2) is 11.5 Å². The van der Waals surface area contributed by atoms with E-state index in [1.807, 2.05) is 26.1 Å². The number of amides is 1. The van der Waals surface area contributed by atoms with Crippen molar-refractivity contribution in [3.8, 4) is 11.5 Å². The Bertz CT molecular complexity index is 665. The molecule has 1 heterocycles. The standard InChI is InChI=1S/C16H21N3O3/c1-11-9-17-19(10-11)6-5-16(20)18-13-8-15(22-4)14(21-3)7-12(13)2/h7-10H,5-6H2,1-4H3,(H,18,20). The lowest BCUT2D eigenvalue weighted by atomic mass is 10.1. The van der Waals surface area contributed by atoms with Gasteiger partial charge in [-0.2, -0.15) is 5.10 Å². The lowest BCUT2D eigenvalue weighted by Crippen LogP contribution is -2.15. The number of aromatic nitrogens is 2. The molecule has 6 nitrogen and oxygen atoms in total. The monoisotopic (exact) mass is 303 g/mol. The average molecular weight is 303 g/mol. The molecular weight excluding hydrogens is 282 g/mol. The molecule has 0 aliphatic heterocycles. The Hall–Kier alpha value is -2.50. The number of anilines is 1. The Balaban J connectivity index is 2.01. The van der Waals surface area contributed by atoms with Gasteiger partial charge in [0.2, 0.25) is 5.91 Å². The van der Waals surface area contributed by atoms with E-state index in [-0.39, 0.29) is 5.91 Å². The molecule has 0 atom stereocenters. The van der Waals surface area contributed by atoms with E-state index in [1.54, 1.807) is 31.2 Å². The highest BCUT2D eigenvalue weighted by atomic mass is 16.5. The van der Waals surface area contributed by atoms with Crippen molar-refractivity contribution >= 4 is 11.6 Å². The van der Waals surface area contributed by atoms with Gasteiger partial charge in [-0.25, -0.2) is 0 Å². The molecule has 0 fully saturated rings. The molecule has 0 saturated carbocycles. The topological polar surface area (TPSA) is 65.4 Å². The molecule has 0 aliphatic rings. The Morgan fingerprint density at radius 3 is 2.50 bits per heavy atom. The number of carbonyl (C=O) groups excluding carboxylic acids is 1. The second-order valence-electron chi connectivity index (χ2n) is 5.10. The number of aryl methyl sites for hydroxylation is 3. The molecule has 0 spiro atoms. The highest BCUT2D eigenvalue weighted by molar-refractivity contribution is 5.91. The largest absolute Gasteiger partial charge is 0.493 e. The van der Waals surface area contributed by atoms with Crippen LogP contribution in [0, 0.1) is 13.8 Å². The van der Waals surface area contributed by atoms with Gasteiger partial charge in [0.25, 0.3) is 0 Å². The first-order valence-electron chi connectivity index (χ1n) is 7.05. The van der Waals surface area contributed by atoms with Gasteiger partial charge in [0.1, 0.15) is 0 Å². The average Bonchev–Trinajstić information content (AvgIpc) is 2.92. The third kappa shape index (κ3) is 3.78. The van der Waals surface area contributed by atoms with Crippen LogP contribution in [0.25, 0.3) is 0 Å². The van der Waals surface area contributed by atoms with Crippen LogP contribution in [0.5, 0.6) is 11.5 Å². The number of nitrogens with one attached hydrogen (secondary N) is 1. The number of ether oxygens (including phenoxy) is 2. The highest BCUT2D eigenvalue weighted by Gasteiger charge is 2.11. The fourth-order valence-electron chi connectivity index (χ4n) is 2.13. The van der Waals surface area contributed by atoms with Crippen molar-refractivity contribution < 1.29 is 14.3 Å². The van der Waals surface area contributed by atoms with Crippen molar-refractivity contribution in [1.29, 1.82) is 0 Å². The predicted octanol–water partition coefficient (Wildman–Crippen LogP) is 2.55. The van der Waals surface area contributed by atoms with Crippen LogP contribution in [0.2, 0.25) is 0 Å². The Labute approximate surface area is 130 Å². The zero-order chi connectivity index (χ0) is 16.1. The van der Waals surface area contributed by atoms with E-state index in [0.717, 1.165) is 16.8 Å². The van der Waals surface area contributed by atoms with Gasteiger partial charge in [-0.1, -0.05) is 0 Å². The molecule has 6 heteroatoms. The van der Waals surface area contributed by atoms with E-state index in [1.165, 1.54) is 0 Å². The number of hydrogen-bond acceptors (Lipinski definition) is 4. The normalized spacial score (nSPS) is 10.4. The predicted molar refractivity (Wildman–Crippen MR) is 84.5 cm³/mol. The van der Waals surface area contributed by atoms with Crippen LogP contribution in [-0.4, -0.2) is 29.9 Å². The van der Waals surface area contributed by atoms with Crippen LogP contribution in [0.15, 0.2) is 24.5 Å².